The van der Waals surface area contributed by atoms with Gasteiger partial charge in [0.2, 0.25) is 0 Å². The highest BCUT2D eigenvalue weighted by Crippen LogP contribution is 2.40. The summed E-state index contributed by atoms with van der Waals surface area (Å²) in [5.74, 6) is 0.117. The first-order valence-electron chi connectivity index (χ1n) is 7.64. The zero-order valence-corrected chi connectivity index (χ0v) is 13.1. The van der Waals surface area contributed by atoms with Crippen LogP contribution in [0.1, 0.15) is 40.7 Å². The van der Waals surface area contributed by atoms with Crippen molar-refractivity contribution in [2.24, 2.45) is 7.05 Å². The fourth-order valence-electron chi connectivity index (χ4n) is 2.59. The molecule has 0 spiro atoms. The topological polar surface area (TPSA) is 73.0 Å². The molecular formula is C16H13F3N4O2. The fourth-order valence-corrected chi connectivity index (χ4v) is 2.59. The van der Waals surface area contributed by atoms with Gasteiger partial charge in [0.15, 0.2) is 17.2 Å². The van der Waals surface area contributed by atoms with E-state index in [4.69, 9.17) is 4.42 Å². The van der Waals surface area contributed by atoms with Crippen molar-refractivity contribution in [1.82, 2.24) is 14.8 Å². The molecule has 1 aliphatic carbocycles. The van der Waals surface area contributed by atoms with Gasteiger partial charge in [-0.05, 0) is 31.0 Å². The number of amides is 1. The Labute approximate surface area is 139 Å². The molecule has 2 heterocycles. The second-order valence-electron chi connectivity index (χ2n) is 6.03. The van der Waals surface area contributed by atoms with Crippen molar-refractivity contribution in [2.75, 3.05) is 5.32 Å². The smallest absolute Gasteiger partial charge is 0.435 e. The minimum atomic E-state index is -4.71. The summed E-state index contributed by atoms with van der Waals surface area (Å²) in [5.41, 5.74) is -0.274. The summed E-state index contributed by atoms with van der Waals surface area (Å²) in [6.07, 6.45) is -1.59. The molecule has 0 bridgehead atoms. The Morgan fingerprint density at radius 1 is 1.36 bits per heavy atom. The molecule has 0 unspecified atom stereocenters. The number of hydrogen-bond donors (Lipinski definition) is 1. The Morgan fingerprint density at radius 2 is 2.12 bits per heavy atom. The van der Waals surface area contributed by atoms with Crippen molar-refractivity contribution in [1.29, 1.82) is 0 Å². The summed E-state index contributed by atoms with van der Waals surface area (Å²) in [6, 6.07) is 4.77. The number of halogens is 3. The fraction of sp³-hybridized carbons (Fsp3) is 0.312. The number of nitrogens with one attached hydrogen (secondary N) is 1. The Bertz CT molecular complexity index is 970. The van der Waals surface area contributed by atoms with Gasteiger partial charge < -0.3 is 9.73 Å². The largest absolute Gasteiger partial charge is 0.440 e. The molecule has 0 radical (unpaired) electrons. The van der Waals surface area contributed by atoms with Gasteiger partial charge >= 0.3 is 6.18 Å². The second-order valence-corrected chi connectivity index (χ2v) is 6.03. The van der Waals surface area contributed by atoms with E-state index in [2.05, 4.69) is 15.4 Å². The number of rotatable bonds is 3. The van der Waals surface area contributed by atoms with E-state index in [-0.39, 0.29) is 0 Å². The monoisotopic (exact) mass is 350 g/mol. The first-order chi connectivity index (χ1) is 11.8. The maximum atomic E-state index is 13.0. The first-order valence-corrected chi connectivity index (χ1v) is 7.64. The zero-order valence-electron chi connectivity index (χ0n) is 13.1. The van der Waals surface area contributed by atoms with Crippen LogP contribution in [-0.2, 0) is 13.2 Å². The van der Waals surface area contributed by atoms with E-state index in [9.17, 15) is 18.0 Å². The molecule has 6 nitrogen and oxygen atoms in total. The van der Waals surface area contributed by atoms with Crippen LogP contribution in [0.2, 0.25) is 0 Å². The number of alkyl halides is 3. The highest BCUT2D eigenvalue weighted by molar-refractivity contribution is 6.05. The van der Waals surface area contributed by atoms with Gasteiger partial charge in [-0.2, -0.15) is 18.3 Å². The highest BCUT2D eigenvalue weighted by Gasteiger charge is 2.39. The molecule has 1 fully saturated rings. The molecule has 0 aliphatic heterocycles. The molecule has 0 atom stereocenters. The van der Waals surface area contributed by atoms with Gasteiger partial charge in [0.25, 0.3) is 5.91 Å². The second kappa shape index (κ2) is 5.33. The molecule has 9 heteroatoms. The van der Waals surface area contributed by atoms with Crippen LogP contribution in [0.25, 0.3) is 11.1 Å². The molecule has 25 heavy (non-hydrogen) atoms. The van der Waals surface area contributed by atoms with Gasteiger partial charge in [-0.25, -0.2) is 4.98 Å². The highest BCUT2D eigenvalue weighted by atomic mass is 19.4. The predicted molar refractivity (Wildman–Crippen MR) is 82.1 cm³/mol. The number of oxazole rings is 1. The zero-order chi connectivity index (χ0) is 17.8. The Morgan fingerprint density at radius 3 is 2.80 bits per heavy atom. The first kappa shape index (κ1) is 15.7. The molecule has 1 aliphatic rings. The van der Waals surface area contributed by atoms with Crippen molar-refractivity contribution >= 4 is 22.7 Å². The van der Waals surface area contributed by atoms with Crippen molar-refractivity contribution < 1.29 is 22.4 Å². The van der Waals surface area contributed by atoms with Crippen LogP contribution >= 0.6 is 0 Å². The summed E-state index contributed by atoms with van der Waals surface area (Å²) < 4.78 is 45.5. The number of fused-ring (bicyclic) bond motifs is 1. The Balaban J connectivity index is 1.61. The van der Waals surface area contributed by atoms with E-state index < -0.39 is 23.3 Å². The van der Waals surface area contributed by atoms with Crippen molar-refractivity contribution in [3.05, 3.63) is 41.5 Å². The van der Waals surface area contributed by atoms with E-state index in [1.54, 1.807) is 18.2 Å². The lowest BCUT2D eigenvalue weighted by atomic mass is 10.2. The van der Waals surface area contributed by atoms with Gasteiger partial charge in [0.05, 0.1) is 5.56 Å². The number of nitrogens with zero attached hydrogens (tertiary/aromatic N) is 3. The lowest BCUT2D eigenvalue weighted by Crippen LogP contribution is -2.17. The van der Waals surface area contributed by atoms with Crippen LogP contribution in [0.3, 0.4) is 0 Å². The molecule has 0 saturated heterocycles. The predicted octanol–water partition coefficient (Wildman–Crippen LogP) is 3.71. The van der Waals surface area contributed by atoms with Crippen LogP contribution in [-0.4, -0.2) is 20.7 Å². The number of anilines is 1. The van der Waals surface area contributed by atoms with E-state index >= 15 is 0 Å². The standard InChI is InChI=1S/C16H13F3N4O2/c1-23-7-10(13(22-23)16(17,18)19)14(24)20-9-4-5-12-11(6-9)21-15(25-12)8-2-3-8/h4-8H,2-3H2,1H3,(H,20,24). The Hall–Kier alpha value is -2.84. The number of aromatic nitrogens is 3. The van der Waals surface area contributed by atoms with Crippen molar-refractivity contribution in [3.8, 4) is 0 Å². The van der Waals surface area contributed by atoms with Gasteiger partial charge in [-0.1, -0.05) is 0 Å². The maximum Gasteiger partial charge on any atom is 0.435 e. The van der Waals surface area contributed by atoms with Crippen LogP contribution < -0.4 is 5.32 Å². The van der Waals surface area contributed by atoms with Crippen LogP contribution in [0, 0.1) is 0 Å². The molecule has 1 N–H and O–H groups in total. The summed E-state index contributed by atoms with van der Waals surface area (Å²) in [4.78, 5) is 16.6. The molecule has 1 amide bonds. The molecule has 130 valence electrons. The summed E-state index contributed by atoms with van der Waals surface area (Å²) in [5, 5.41) is 5.78. The lowest BCUT2D eigenvalue weighted by molar-refractivity contribution is -0.141. The minimum Gasteiger partial charge on any atom is -0.440 e. The third kappa shape index (κ3) is 2.97. The number of carbonyl (C=O) groups excluding carboxylic acids is 1. The van der Waals surface area contributed by atoms with Crippen molar-refractivity contribution in [3.63, 3.8) is 0 Å². The minimum absolute atomic E-state index is 0.338. The van der Waals surface area contributed by atoms with Gasteiger partial charge in [-0.3, -0.25) is 9.48 Å². The summed E-state index contributed by atoms with van der Waals surface area (Å²) in [7, 11) is 1.33. The van der Waals surface area contributed by atoms with Gasteiger partial charge in [-0.15, -0.1) is 0 Å². The van der Waals surface area contributed by atoms with Crippen LogP contribution in [0.4, 0.5) is 18.9 Å². The van der Waals surface area contributed by atoms with E-state index in [0.717, 1.165) is 23.7 Å². The molecule has 2 aromatic heterocycles. The third-order valence-electron chi connectivity index (χ3n) is 3.93. The number of benzene rings is 1. The number of carbonyl (C=O) groups is 1. The summed E-state index contributed by atoms with van der Waals surface area (Å²) >= 11 is 0. The SMILES string of the molecule is Cn1cc(C(=O)Nc2ccc3oc(C4CC4)nc3c2)c(C(F)(F)F)n1. The van der Waals surface area contributed by atoms with E-state index in [1.807, 2.05) is 0 Å². The molecular weight excluding hydrogens is 337 g/mol. The molecule has 1 saturated carbocycles. The van der Waals surface area contributed by atoms with Gasteiger partial charge in [0, 0.05) is 24.8 Å². The molecule has 3 aromatic rings. The Kier molecular flexibility index (Phi) is 3.34. The number of aryl methyl sites for hydroxylation is 1. The van der Waals surface area contributed by atoms with E-state index in [1.165, 1.54) is 7.05 Å². The molecule has 4 rings (SSSR count). The average Bonchev–Trinajstić information content (AvgIpc) is 3.16. The van der Waals surface area contributed by atoms with Crippen LogP contribution in [0.5, 0.6) is 0 Å². The lowest BCUT2D eigenvalue weighted by Gasteiger charge is -2.07. The average molecular weight is 350 g/mol. The normalized spacial score (nSPS) is 14.9. The van der Waals surface area contributed by atoms with Crippen LogP contribution in [0.15, 0.2) is 28.8 Å². The quantitative estimate of drug-likeness (QED) is 0.782. The van der Waals surface area contributed by atoms with E-state index in [0.29, 0.717) is 28.6 Å². The molecule has 1 aromatic carbocycles. The maximum absolute atomic E-state index is 13.0. The number of hydrogen-bond acceptors (Lipinski definition) is 4. The van der Waals surface area contributed by atoms with Crippen molar-refractivity contribution in [2.45, 2.75) is 24.9 Å². The van der Waals surface area contributed by atoms with Gasteiger partial charge in [0.1, 0.15) is 5.52 Å². The summed E-state index contributed by atoms with van der Waals surface area (Å²) in [6.45, 7) is 0. The third-order valence-corrected chi connectivity index (χ3v) is 3.93.